The van der Waals surface area contributed by atoms with Gasteiger partial charge in [0.05, 0.1) is 11.1 Å². The molecule has 0 atom stereocenters. The topological polar surface area (TPSA) is 30.2 Å². The van der Waals surface area contributed by atoms with Gasteiger partial charge in [0.2, 0.25) is 0 Å². The third kappa shape index (κ3) is 0.882. The lowest BCUT2D eigenvalue weighted by Crippen LogP contribution is -2.03. The average Bonchev–Trinajstić information content (AvgIpc) is 2.91. The minimum atomic E-state index is -0.0896. The molecule has 2 aromatic heterocycles. The molecule has 1 saturated carbocycles. The van der Waals surface area contributed by atoms with Gasteiger partial charge in [0.1, 0.15) is 0 Å². The lowest BCUT2D eigenvalue weighted by atomic mass is 10.1. The molecule has 3 heteroatoms. The van der Waals surface area contributed by atoms with E-state index < -0.39 is 0 Å². The summed E-state index contributed by atoms with van der Waals surface area (Å²) < 4.78 is 1.77. The molecule has 0 saturated heterocycles. The van der Waals surface area contributed by atoms with Crippen molar-refractivity contribution in [3.8, 4) is 12.3 Å². The van der Waals surface area contributed by atoms with Crippen molar-refractivity contribution in [3.63, 3.8) is 0 Å². The van der Waals surface area contributed by atoms with Crippen molar-refractivity contribution < 1.29 is 0 Å². The van der Waals surface area contributed by atoms with Crippen molar-refractivity contribution in [2.75, 3.05) is 0 Å². The Morgan fingerprint density at radius 3 is 3.00 bits per heavy atom. The van der Waals surface area contributed by atoms with Gasteiger partial charge in [-0.05, 0) is 18.9 Å². The molecule has 0 bridgehead atoms. The standard InChI is InChI=1S/C11H9N3/c1-2-11(4-5-11)9-8-10-12-6-3-7-14(10)13-9/h1,3,6-8H,4-5H2. The summed E-state index contributed by atoms with van der Waals surface area (Å²) >= 11 is 0. The zero-order valence-electron chi connectivity index (χ0n) is 7.64. The number of aromatic nitrogens is 3. The van der Waals surface area contributed by atoms with Crippen LogP contribution in [0.15, 0.2) is 24.5 Å². The van der Waals surface area contributed by atoms with Crippen LogP contribution in [-0.2, 0) is 5.41 Å². The van der Waals surface area contributed by atoms with E-state index in [1.54, 1.807) is 10.7 Å². The van der Waals surface area contributed by atoms with Crippen LogP contribution in [0.3, 0.4) is 0 Å². The fourth-order valence-corrected chi connectivity index (χ4v) is 1.66. The van der Waals surface area contributed by atoms with Gasteiger partial charge < -0.3 is 0 Å². The first kappa shape index (κ1) is 7.57. The van der Waals surface area contributed by atoms with Crippen LogP contribution in [0.4, 0.5) is 0 Å². The van der Waals surface area contributed by atoms with E-state index in [9.17, 15) is 0 Å². The molecule has 68 valence electrons. The van der Waals surface area contributed by atoms with Crippen LogP contribution in [-0.4, -0.2) is 14.6 Å². The van der Waals surface area contributed by atoms with Crippen molar-refractivity contribution >= 4 is 5.65 Å². The maximum absolute atomic E-state index is 5.50. The first-order valence-corrected chi connectivity index (χ1v) is 4.63. The van der Waals surface area contributed by atoms with Gasteiger partial charge in [0.25, 0.3) is 0 Å². The van der Waals surface area contributed by atoms with E-state index in [1.165, 1.54) is 0 Å². The first-order chi connectivity index (χ1) is 6.84. The Bertz CT molecular complexity index is 496. The summed E-state index contributed by atoms with van der Waals surface area (Å²) in [6.45, 7) is 0. The highest BCUT2D eigenvalue weighted by Gasteiger charge is 2.45. The van der Waals surface area contributed by atoms with Gasteiger partial charge >= 0.3 is 0 Å². The Balaban J connectivity index is 2.21. The molecule has 0 unspecified atom stereocenters. The highest BCUT2D eigenvalue weighted by atomic mass is 15.2. The molecule has 0 spiro atoms. The van der Waals surface area contributed by atoms with Crippen LogP contribution in [0.2, 0.25) is 0 Å². The summed E-state index contributed by atoms with van der Waals surface area (Å²) in [7, 11) is 0. The summed E-state index contributed by atoms with van der Waals surface area (Å²) in [5.41, 5.74) is 1.76. The van der Waals surface area contributed by atoms with Gasteiger partial charge in [-0.1, -0.05) is 5.92 Å². The number of fused-ring (bicyclic) bond motifs is 1. The minimum absolute atomic E-state index is 0.0896. The summed E-state index contributed by atoms with van der Waals surface area (Å²) in [5.74, 6) is 2.83. The van der Waals surface area contributed by atoms with Gasteiger partial charge in [-0.2, -0.15) is 5.10 Å². The Labute approximate surface area is 81.8 Å². The smallest absolute Gasteiger partial charge is 0.155 e. The Hall–Kier alpha value is -1.82. The predicted octanol–water partition coefficient (Wildman–Crippen LogP) is 1.39. The van der Waals surface area contributed by atoms with Crippen LogP contribution < -0.4 is 0 Å². The molecular formula is C11H9N3. The maximum Gasteiger partial charge on any atom is 0.155 e. The van der Waals surface area contributed by atoms with Gasteiger partial charge in [-0.15, -0.1) is 6.42 Å². The van der Waals surface area contributed by atoms with E-state index in [1.807, 2.05) is 18.3 Å². The third-order valence-corrected chi connectivity index (χ3v) is 2.75. The van der Waals surface area contributed by atoms with E-state index in [2.05, 4.69) is 16.0 Å². The van der Waals surface area contributed by atoms with Crippen LogP contribution in [0.1, 0.15) is 18.5 Å². The van der Waals surface area contributed by atoms with Gasteiger partial charge in [-0.25, -0.2) is 9.50 Å². The lowest BCUT2D eigenvalue weighted by molar-refractivity contribution is 0.815. The number of hydrogen-bond donors (Lipinski definition) is 0. The molecule has 0 amide bonds. The van der Waals surface area contributed by atoms with E-state index in [0.717, 1.165) is 24.2 Å². The monoisotopic (exact) mass is 183 g/mol. The number of hydrogen-bond acceptors (Lipinski definition) is 2. The lowest BCUT2D eigenvalue weighted by Gasteiger charge is -1.99. The molecule has 3 rings (SSSR count). The highest BCUT2D eigenvalue weighted by Crippen LogP contribution is 2.46. The third-order valence-electron chi connectivity index (χ3n) is 2.75. The number of rotatable bonds is 1. The van der Waals surface area contributed by atoms with Gasteiger partial charge in [0, 0.05) is 18.5 Å². The molecule has 0 aromatic carbocycles. The summed E-state index contributed by atoms with van der Waals surface area (Å²) in [4.78, 5) is 4.21. The zero-order valence-corrected chi connectivity index (χ0v) is 7.64. The van der Waals surface area contributed by atoms with Gasteiger partial charge in [-0.3, -0.25) is 0 Å². The van der Waals surface area contributed by atoms with Crippen molar-refractivity contribution in [1.82, 2.24) is 14.6 Å². The first-order valence-electron chi connectivity index (χ1n) is 4.63. The van der Waals surface area contributed by atoms with Crippen molar-refractivity contribution in [2.45, 2.75) is 18.3 Å². The largest absolute Gasteiger partial charge is 0.237 e. The van der Waals surface area contributed by atoms with Gasteiger partial charge in [0.15, 0.2) is 5.65 Å². The Kier molecular flexibility index (Phi) is 1.27. The second-order valence-corrected chi connectivity index (χ2v) is 3.68. The molecule has 0 N–H and O–H groups in total. The summed E-state index contributed by atoms with van der Waals surface area (Å²) in [6.07, 6.45) is 11.2. The molecule has 2 aromatic rings. The molecule has 1 aliphatic rings. The van der Waals surface area contributed by atoms with E-state index >= 15 is 0 Å². The SMILES string of the molecule is C#CC1(c2cc3ncccn3n2)CC1. The zero-order chi connectivity index (χ0) is 9.60. The minimum Gasteiger partial charge on any atom is -0.237 e. The molecule has 2 heterocycles. The second-order valence-electron chi connectivity index (χ2n) is 3.68. The van der Waals surface area contributed by atoms with Crippen LogP contribution >= 0.6 is 0 Å². The van der Waals surface area contributed by atoms with Crippen molar-refractivity contribution in [3.05, 3.63) is 30.2 Å². The van der Waals surface area contributed by atoms with Crippen molar-refractivity contribution in [1.29, 1.82) is 0 Å². The number of terminal acetylenes is 1. The Morgan fingerprint density at radius 1 is 1.50 bits per heavy atom. The summed E-state index contributed by atoms with van der Waals surface area (Å²) in [5, 5.41) is 4.43. The number of nitrogens with zero attached hydrogens (tertiary/aromatic N) is 3. The van der Waals surface area contributed by atoms with E-state index in [4.69, 9.17) is 6.42 Å². The fourth-order valence-electron chi connectivity index (χ4n) is 1.66. The summed E-state index contributed by atoms with van der Waals surface area (Å²) in [6, 6.07) is 3.84. The van der Waals surface area contributed by atoms with E-state index in [-0.39, 0.29) is 5.41 Å². The molecule has 0 aliphatic heterocycles. The van der Waals surface area contributed by atoms with Crippen LogP contribution in [0.5, 0.6) is 0 Å². The average molecular weight is 183 g/mol. The highest BCUT2D eigenvalue weighted by molar-refractivity contribution is 5.46. The molecule has 0 radical (unpaired) electrons. The normalized spacial score (nSPS) is 17.9. The fraction of sp³-hybridized carbons (Fsp3) is 0.273. The molecular weight excluding hydrogens is 174 g/mol. The molecule has 3 nitrogen and oxygen atoms in total. The molecule has 1 aliphatic carbocycles. The predicted molar refractivity (Wildman–Crippen MR) is 52.7 cm³/mol. The van der Waals surface area contributed by atoms with Crippen LogP contribution in [0, 0.1) is 12.3 Å². The van der Waals surface area contributed by atoms with Crippen molar-refractivity contribution in [2.24, 2.45) is 0 Å². The van der Waals surface area contributed by atoms with Crippen LogP contribution in [0.25, 0.3) is 5.65 Å². The molecule has 1 fully saturated rings. The Morgan fingerprint density at radius 2 is 2.36 bits per heavy atom. The second kappa shape index (κ2) is 2.36. The maximum atomic E-state index is 5.50. The molecule has 14 heavy (non-hydrogen) atoms. The quantitative estimate of drug-likeness (QED) is 0.625. The van der Waals surface area contributed by atoms with E-state index in [0.29, 0.717) is 0 Å².